The third kappa shape index (κ3) is 1.97. The van der Waals surface area contributed by atoms with E-state index in [9.17, 15) is 4.79 Å². The number of rotatable bonds is 2. The number of nitrogens with zero attached hydrogens (tertiary/aromatic N) is 1. The predicted octanol–water partition coefficient (Wildman–Crippen LogP) is 3.13. The van der Waals surface area contributed by atoms with Crippen molar-refractivity contribution < 1.29 is 9.90 Å². The molecule has 0 unspecified atom stereocenters. The fourth-order valence-corrected chi connectivity index (χ4v) is 2.07. The highest BCUT2D eigenvalue weighted by atomic mass is 32.1. The number of benzene rings is 1. The summed E-state index contributed by atoms with van der Waals surface area (Å²) in [6.07, 6.45) is 0. The maximum atomic E-state index is 10.7. The van der Waals surface area contributed by atoms with Crippen molar-refractivity contribution in [1.29, 1.82) is 0 Å². The van der Waals surface area contributed by atoms with Crippen LogP contribution in [0.1, 0.15) is 20.9 Å². The average Bonchev–Trinajstić information content (AvgIpc) is 2.71. The third-order valence-corrected chi connectivity index (χ3v) is 3.32. The molecule has 0 atom stereocenters. The second-order valence-corrected chi connectivity index (χ2v) is 4.50. The Labute approximate surface area is 97.4 Å². The van der Waals surface area contributed by atoms with E-state index in [4.69, 9.17) is 5.11 Å². The molecule has 82 valence electrons. The SMILES string of the molecule is Cc1ccc(-c2csc(C(=O)O)n2)cc1C. The minimum absolute atomic E-state index is 0.133. The summed E-state index contributed by atoms with van der Waals surface area (Å²) in [5.41, 5.74) is 4.09. The van der Waals surface area contributed by atoms with Gasteiger partial charge in [-0.3, -0.25) is 0 Å². The molecule has 0 amide bonds. The lowest BCUT2D eigenvalue weighted by molar-refractivity contribution is 0.0696. The van der Waals surface area contributed by atoms with Crippen LogP contribution in [0.3, 0.4) is 0 Å². The van der Waals surface area contributed by atoms with Crippen molar-refractivity contribution >= 4 is 17.3 Å². The van der Waals surface area contributed by atoms with Gasteiger partial charge in [0, 0.05) is 10.9 Å². The van der Waals surface area contributed by atoms with Gasteiger partial charge < -0.3 is 5.11 Å². The molecular weight excluding hydrogens is 222 g/mol. The summed E-state index contributed by atoms with van der Waals surface area (Å²) in [6.45, 7) is 4.08. The summed E-state index contributed by atoms with van der Waals surface area (Å²) in [5, 5.41) is 10.7. The molecule has 4 heteroatoms. The topological polar surface area (TPSA) is 50.2 Å². The van der Waals surface area contributed by atoms with Crippen molar-refractivity contribution in [3.63, 3.8) is 0 Å². The van der Waals surface area contributed by atoms with Crippen LogP contribution < -0.4 is 0 Å². The molecule has 0 aliphatic rings. The molecule has 2 aromatic rings. The summed E-state index contributed by atoms with van der Waals surface area (Å²) in [6, 6.07) is 6.00. The van der Waals surface area contributed by atoms with Crippen LogP contribution in [0.15, 0.2) is 23.6 Å². The van der Waals surface area contributed by atoms with Crippen molar-refractivity contribution in [3.8, 4) is 11.3 Å². The van der Waals surface area contributed by atoms with Gasteiger partial charge in [0.15, 0.2) is 0 Å². The fourth-order valence-electron chi connectivity index (χ4n) is 1.41. The van der Waals surface area contributed by atoms with Gasteiger partial charge in [-0.15, -0.1) is 11.3 Å². The van der Waals surface area contributed by atoms with Gasteiger partial charge in [-0.05, 0) is 31.0 Å². The standard InChI is InChI=1S/C12H11NO2S/c1-7-3-4-9(5-8(7)2)10-6-16-11(13-10)12(14)15/h3-6H,1-2H3,(H,14,15). The van der Waals surface area contributed by atoms with Gasteiger partial charge in [0.25, 0.3) is 0 Å². The van der Waals surface area contributed by atoms with Gasteiger partial charge in [0.2, 0.25) is 5.01 Å². The molecule has 0 saturated heterocycles. The van der Waals surface area contributed by atoms with Crippen molar-refractivity contribution in [2.24, 2.45) is 0 Å². The molecule has 1 aromatic heterocycles. The molecule has 0 bridgehead atoms. The van der Waals surface area contributed by atoms with E-state index in [1.54, 1.807) is 5.38 Å². The Morgan fingerprint density at radius 2 is 2.06 bits per heavy atom. The fraction of sp³-hybridized carbons (Fsp3) is 0.167. The Kier molecular flexibility index (Phi) is 2.75. The zero-order chi connectivity index (χ0) is 11.7. The van der Waals surface area contributed by atoms with E-state index in [-0.39, 0.29) is 5.01 Å². The van der Waals surface area contributed by atoms with Crippen molar-refractivity contribution in [1.82, 2.24) is 4.98 Å². The Morgan fingerprint density at radius 1 is 1.31 bits per heavy atom. The maximum Gasteiger partial charge on any atom is 0.365 e. The van der Waals surface area contributed by atoms with E-state index < -0.39 is 5.97 Å². The minimum Gasteiger partial charge on any atom is -0.476 e. The number of thiazole rings is 1. The largest absolute Gasteiger partial charge is 0.476 e. The van der Waals surface area contributed by atoms with Crippen LogP contribution in [-0.2, 0) is 0 Å². The van der Waals surface area contributed by atoms with E-state index in [0.29, 0.717) is 0 Å². The van der Waals surface area contributed by atoms with Crippen LogP contribution >= 0.6 is 11.3 Å². The van der Waals surface area contributed by atoms with Gasteiger partial charge in [0.1, 0.15) is 0 Å². The molecule has 0 aliphatic carbocycles. The van der Waals surface area contributed by atoms with E-state index in [0.717, 1.165) is 22.6 Å². The number of carbonyl (C=O) groups is 1. The first-order chi connectivity index (χ1) is 7.58. The van der Waals surface area contributed by atoms with Crippen molar-refractivity contribution in [2.45, 2.75) is 13.8 Å². The summed E-state index contributed by atoms with van der Waals surface area (Å²) in [4.78, 5) is 14.8. The molecule has 0 radical (unpaired) electrons. The molecular formula is C12H11NO2S. The van der Waals surface area contributed by atoms with Crippen LogP contribution in [0, 0.1) is 13.8 Å². The summed E-state index contributed by atoms with van der Waals surface area (Å²) >= 11 is 1.15. The maximum absolute atomic E-state index is 10.7. The lowest BCUT2D eigenvalue weighted by Gasteiger charge is -2.02. The van der Waals surface area contributed by atoms with Gasteiger partial charge in [-0.2, -0.15) is 0 Å². The van der Waals surface area contributed by atoms with E-state index in [1.807, 2.05) is 32.0 Å². The number of hydrogen-bond acceptors (Lipinski definition) is 3. The first kappa shape index (κ1) is 10.8. The van der Waals surface area contributed by atoms with E-state index in [1.165, 1.54) is 11.1 Å². The van der Waals surface area contributed by atoms with Gasteiger partial charge >= 0.3 is 5.97 Å². The first-order valence-corrected chi connectivity index (χ1v) is 5.72. The monoisotopic (exact) mass is 233 g/mol. The summed E-state index contributed by atoms with van der Waals surface area (Å²) in [5.74, 6) is -0.972. The summed E-state index contributed by atoms with van der Waals surface area (Å²) < 4.78 is 0. The van der Waals surface area contributed by atoms with Crippen LogP contribution in [0.5, 0.6) is 0 Å². The van der Waals surface area contributed by atoms with Crippen LogP contribution in [0.25, 0.3) is 11.3 Å². The molecule has 0 fully saturated rings. The molecule has 0 saturated carbocycles. The molecule has 3 nitrogen and oxygen atoms in total. The van der Waals surface area contributed by atoms with E-state index in [2.05, 4.69) is 4.98 Å². The van der Waals surface area contributed by atoms with Crippen molar-refractivity contribution in [2.75, 3.05) is 0 Å². The zero-order valence-corrected chi connectivity index (χ0v) is 9.84. The quantitative estimate of drug-likeness (QED) is 0.867. The Morgan fingerprint density at radius 3 is 2.62 bits per heavy atom. The van der Waals surface area contributed by atoms with Gasteiger partial charge in [0.05, 0.1) is 5.69 Å². The minimum atomic E-state index is -0.972. The van der Waals surface area contributed by atoms with Gasteiger partial charge in [-0.1, -0.05) is 12.1 Å². The second-order valence-electron chi connectivity index (χ2n) is 3.64. The zero-order valence-electron chi connectivity index (χ0n) is 9.02. The number of carboxylic acid groups (broad SMARTS) is 1. The van der Waals surface area contributed by atoms with Crippen LogP contribution in [0.2, 0.25) is 0 Å². The lowest BCUT2D eigenvalue weighted by Crippen LogP contribution is -1.94. The highest BCUT2D eigenvalue weighted by molar-refractivity contribution is 7.11. The molecule has 1 N–H and O–H groups in total. The Bertz CT molecular complexity index is 546. The lowest BCUT2D eigenvalue weighted by atomic mass is 10.1. The van der Waals surface area contributed by atoms with Crippen LogP contribution in [-0.4, -0.2) is 16.1 Å². The highest BCUT2D eigenvalue weighted by Gasteiger charge is 2.10. The Hall–Kier alpha value is -1.68. The number of aromatic nitrogens is 1. The number of aromatic carboxylic acids is 1. The average molecular weight is 233 g/mol. The molecule has 0 spiro atoms. The predicted molar refractivity (Wildman–Crippen MR) is 64.0 cm³/mol. The molecule has 0 aliphatic heterocycles. The van der Waals surface area contributed by atoms with E-state index >= 15 is 0 Å². The number of hydrogen-bond donors (Lipinski definition) is 1. The van der Waals surface area contributed by atoms with Crippen molar-refractivity contribution in [3.05, 3.63) is 39.7 Å². The smallest absolute Gasteiger partial charge is 0.365 e. The summed E-state index contributed by atoms with van der Waals surface area (Å²) in [7, 11) is 0. The molecule has 16 heavy (non-hydrogen) atoms. The molecule has 2 rings (SSSR count). The first-order valence-electron chi connectivity index (χ1n) is 4.84. The second kappa shape index (κ2) is 4.06. The highest BCUT2D eigenvalue weighted by Crippen LogP contribution is 2.23. The Balaban J connectivity index is 2.42. The third-order valence-electron chi connectivity index (χ3n) is 2.49. The molecule has 1 aromatic carbocycles. The normalized spacial score (nSPS) is 10.4. The number of aryl methyl sites for hydroxylation is 2. The van der Waals surface area contributed by atoms with Crippen LogP contribution in [0.4, 0.5) is 0 Å². The van der Waals surface area contributed by atoms with Gasteiger partial charge in [-0.25, -0.2) is 9.78 Å². The number of carboxylic acids is 1. The molecule has 1 heterocycles.